The molecule has 156 valence electrons. The third kappa shape index (κ3) is 2.98. The van der Waals surface area contributed by atoms with Crippen LogP contribution in [0.15, 0.2) is 91.1 Å². The number of rotatable bonds is 2. The first-order chi connectivity index (χ1) is 15.5. The van der Waals surface area contributed by atoms with Gasteiger partial charge < -0.3 is 4.90 Å². The summed E-state index contributed by atoms with van der Waals surface area (Å²) in [5, 5.41) is 4.98. The molecule has 0 fully saturated rings. The van der Waals surface area contributed by atoms with Crippen LogP contribution in [0.1, 0.15) is 26.3 Å². The lowest BCUT2D eigenvalue weighted by Crippen LogP contribution is -2.17. The van der Waals surface area contributed by atoms with Crippen LogP contribution >= 0.6 is 0 Å². The number of hydrogen-bond donors (Lipinski definition) is 0. The van der Waals surface area contributed by atoms with E-state index >= 15 is 0 Å². The molecule has 0 unspecified atom stereocenters. The van der Waals surface area contributed by atoms with Crippen molar-refractivity contribution >= 4 is 38.6 Å². The Labute approximate surface area is 189 Å². The first-order valence-corrected chi connectivity index (χ1v) is 11.3. The Morgan fingerprint density at radius 3 is 2.38 bits per heavy atom. The minimum absolute atomic E-state index is 0.215. The minimum atomic E-state index is 0.215. The molecule has 0 bridgehead atoms. The Balaban J connectivity index is 1.76. The van der Waals surface area contributed by atoms with E-state index in [2.05, 4.69) is 111 Å². The first kappa shape index (κ1) is 19.1. The zero-order valence-electron chi connectivity index (χ0n) is 18.8. The van der Waals surface area contributed by atoms with Crippen molar-refractivity contribution in [2.75, 3.05) is 4.90 Å². The van der Waals surface area contributed by atoms with Crippen LogP contribution in [0, 0.1) is 5.41 Å². The van der Waals surface area contributed by atoms with E-state index in [1.807, 2.05) is 6.20 Å². The van der Waals surface area contributed by atoms with Crippen LogP contribution in [0.5, 0.6) is 0 Å². The summed E-state index contributed by atoms with van der Waals surface area (Å²) in [5.41, 5.74) is 7.46. The molecule has 0 atom stereocenters. The molecule has 5 aromatic rings. The van der Waals surface area contributed by atoms with Crippen LogP contribution in [-0.4, -0.2) is 4.98 Å². The van der Waals surface area contributed by atoms with Crippen LogP contribution in [-0.2, 0) is 6.42 Å². The zero-order chi connectivity index (χ0) is 21.9. The summed E-state index contributed by atoms with van der Waals surface area (Å²) in [7, 11) is 0. The lowest BCUT2D eigenvalue weighted by molar-refractivity contribution is 0.411. The fourth-order valence-corrected chi connectivity index (χ4v) is 5.10. The van der Waals surface area contributed by atoms with Crippen molar-refractivity contribution in [2.24, 2.45) is 5.41 Å². The summed E-state index contributed by atoms with van der Waals surface area (Å²) in [6.45, 7) is 6.91. The van der Waals surface area contributed by atoms with Crippen molar-refractivity contribution in [3.8, 4) is 11.3 Å². The number of hydrogen-bond acceptors (Lipinski definition) is 2. The fraction of sp³-hybridized carbons (Fsp3) is 0.167. The molecular weight excluding hydrogens is 388 g/mol. The van der Waals surface area contributed by atoms with E-state index in [0.29, 0.717) is 0 Å². The summed E-state index contributed by atoms with van der Waals surface area (Å²) in [6, 6.07) is 30.7. The molecule has 6 rings (SSSR count). The molecule has 0 amide bonds. The lowest BCUT2D eigenvalue weighted by atomic mass is 9.85. The zero-order valence-corrected chi connectivity index (χ0v) is 18.8. The van der Waals surface area contributed by atoms with Gasteiger partial charge in [0, 0.05) is 28.2 Å². The Kier molecular flexibility index (Phi) is 4.13. The smallest absolute Gasteiger partial charge is 0.0822 e. The first-order valence-electron chi connectivity index (χ1n) is 11.3. The lowest BCUT2D eigenvalue weighted by Gasteiger charge is -2.34. The molecule has 0 saturated carbocycles. The van der Waals surface area contributed by atoms with E-state index in [-0.39, 0.29) is 5.41 Å². The molecule has 32 heavy (non-hydrogen) atoms. The van der Waals surface area contributed by atoms with Crippen LogP contribution < -0.4 is 4.90 Å². The Morgan fingerprint density at radius 1 is 0.781 bits per heavy atom. The van der Waals surface area contributed by atoms with Gasteiger partial charge >= 0.3 is 0 Å². The number of benzene rings is 4. The van der Waals surface area contributed by atoms with Crippen LogP contribution in [0.2, 0.25) is 0 Å². The van der Waals surface area contributed by atoms with Gasteiger partial charge in [-0.25, -0.2) is 0 Å². The monoisotopic (exact) mass is 414 g/mol. The van der Waals surface area contributed by atoms with Gasteiger partial charge in [-0.2, -0.15) is 0 Å². The summed E-state index contributed by atoms with van der Waals surface area (Å²) < 4.78 is 0. The number of nitrogens with zero attached hydrogens (tertiary/aromatic N) is 2. The predicted octanol–water partition coefficient (Wildman–Crippen LogP) is 8.43. The van der Waals surface area contributed by atoms with Crippen LogP contribution in [0.3, 0.4) is 0 Å². The van der Waals surface area contributed by atoms with Crippen molar-refractivity contribution in [1.82, 2.24) is 4.98 Å². The second-order valence-electron chi connectivity index (χ2n) is 9.96. The van der Waals surface area contributed by atoms with E-state index in [0.717, 1.165) is 12.1 Å². The van der Waals surface area contributed by atoms with Gasteiger partial charge in [-0.05, 0) is 52.4 Å². The van der Waals surface area contributed by atoms with E-state index in [1.165, 1.54) is 49.7 Å². The maximum Gasteiger partial charge on any atom is 0.0822 e. The normalized spacial score (nSPS) is 12.9. The topological polar surface area (TPSA) is 16.1 Å². The van der Waals surface area contributed by atoms with Crippen molar-refractivity contribution in [3.63, 3.8) is 0 Å². The second kappa shape index (κ2) is 6.93. The SMILES string of the molecule is CC(C)(C)Cc1cc2c3c(nccc3c1)-c1ccc3ccccc3c1N2c1ccccc1. The molecule has 1 aliphatic heterocycles. The molecule has 1 aromatic heterocycles. The van der Waals surface area contributed by atoms with Gasteiger partial charge in [0.2, 0.25) is 0 Å². The van der Waals surface area contributed by atoms with Gasteiger partial charge in [0.1, 0.15) is 0 Å². The van der Waals surface area contributed by atoms with Crippen molar-refractivity contribution in [2.45, 2.75) is 27.2 Å². The molecule has 2 heterocycles. The van der Waals surface area contributed by atoms with Gasteiger partial charge in [0.15, 0.2) is 0 Å². The molecule has 0 saturated heterocycles. The van der Waals surface area contributed by atoms with Gasteiger partial charge in [0.05, 0.1) is 17.1 Å². The van der Waals surface area contributed by atoms with E-state index in [1.54, 1.807) is 0 Å². The molecular formula is C30H26N2. The third-order valence-corrected chi connectivity index (χ3v) is 6.27. The third-order valence-electron chi connectivity index (χ3n) is 6.27. The number of aromatic nitrogens is 1. The van der Waals surface area contributed by atoms with Crippen LogP contribution in [0.25, 0.3) is 32.8 Å². The highest BCUT2D eigenvalue weighted by atomic mass is 15.2. The summed E-state index contributed by atoms with van der Waals surface area (Å²) >= 11 is 0. The summed E-state index contributed by atoms with van der Waals surface area (Å²) in [4.78, 5) is 7.34. The van der Waals surface area contributed by atoms with Gasteiger partial charge in [0.25, 0.3) is 0 Å². The second-order valence-corrected chi connectivity index (χ2v) is 9.96. The largest absolute Gasteiger partial charge is 0.308 e. The van der Waals surface area contributed by atoms with Crippen molar-refractivity contribution in [1.29, 1.82) is 0 Å². The Morgan fingerprint density at radius 2 is 1.56 bits per heavy atom. The number of fused-ring (bicyclic) bond motifs is 4. The Hall–Kier alpha value is -3.65. The average Bonchev–Trinajstić information content (AvgIpc) is 2.78. The minimum Gasteiger partial charge on any atom is -0.308 e. The predicted molar refractivity (Wildman–Crippen MR) is 136 cm³/mol. The fourth-order valence-electron chi connectivity index (χ4n) is 5.10. The summed E-state index contributed by atoms with van der Waals surface area (Å²) in [5.74, 6) is 0. The quantitative estimate of drug-likeness (QED) is 0.283. The van der Waals surface area contributed by atoms with Crippen LogP contribution in [0.4, 0.5) is 17.1 Å². The molecule has 2 nitrogen and oxygen atoms in total. The highest BCUT2D eigenvalue weighted by Crippen LogP contribution is 2.52. The molecule has 0 N–H and O–H groups in total. The molecule has 2 heteroatoms. The van der Waals surface area contributed by atoms with Gasteiger partial charge in [-0.15, -0.1) is 0 Å². The number of para-hydroxylation sites is 1. The number of anilines is 3. The average molecular weight is 415 g/mol. The molecule has 4 aromatic carbocycles. The molecule has 0 spiro atoms. The van der Waals surface area contributed by atoms with E-state index in [9.17, 15) is 0 Å². The van der Waals surface area contributed by atoms with Crippen molar-refractivity contribution in [3.05, 3.63) is 96.7 Å². The maximum atomic E-state index is 4.89. The highest BCUT2D eigenvalue weighted by Gasteiger charge is 2.29. The van der Waals surface area contributed by atoms with E-state index < -0.39 is 0 Å². The molecule has 1 aliphatic rings. The van der Waals surface area contributed by atoms with Gasteiger partial charge in [-0.3, -0.25) is 4.98 Å². The molecule has 0 aliphatic carbocycles. The number of pyridine rings is 1. The van der Waals surface area contributed by atoms with Gasteiger partial charge in [-0.1, -0.05) is 81.4 Å². The summed E-state index contributed by atoms with van der Waals surface area (Å²) in [6.07, 6.45) is 2.98. The Bertz CT molecular complexity index is 1480. The molecule has 0 radical (unpaired) electrons. The standard InChI is InChI=1S/C30H26N2/c1-30(2,3)19-20-17-22-15-16-31-28-25-14-13-21-9-7-8-12-24(21)29(25)32(26(18-20)27(22)28)23-10-5-4-6-11-23/h4-18H,19H2,1-3H3. The highest BCUT2D eigenvalue weighted by molar-refractivity contribution is 6.17. The maximum absolute atomic E-state index is 4.89. The van der Waals surface area contributed by atoms with E-state index in [4.69, 9.17) is 4.98 Å². The van der Waals surface area contributed by atoms with Crippen molar-refractivity contribution < 1.29 is 0 Å².